The fraction of sp³-hybridized carbons (Fsp3) is 0.0370. The molecule has 0 aliphatic carbocycles. The van der Waals surface area contributed by atoms with Crippen LogP contribution in [-0.4, -0.2) is 9.97 Å². The van der Waals surface area contributed by atoms with Crippen molar-refractivity contribution in [3.8, 4) is 33.9 Å². The molecule has 0 aliphatic heterocycles. The van der Waals surface area contributed by atoms with Gasteiger partial charge < -0.3 is 0 Å². The summed E-state index contributed by atoms with van der Waals surface area (Å²) in [4.78, 5) is 9.94. The van der Waals surface area contributed by atoms with Crippen molar-refractivity contribution in [1.82, 2.24) is 9.97 Å². The maximum atomic E-state index is 4.98. The molecule has 0 aliphatic rings. The van der Waals surface area contributed by atoms with Crippen molar-refractivity contribution >= 4 is 10.8 Å². The van der Waals surface area contributed by atoms with E-state index in [1.807, 2.05) is 18.2 Å². The Bertz CT molecular complexity index is 1300. The van der Waals surface area contributed by atoms with Crippen molar-refractivity contribution in [2.75, 3.05) is 0 Å². The van der Waals surface area contributed by atoms with Gasteiger partial charge in [0.1, 0.15) is 0 Å². The molecule has 0 N–H and O–H groups in total. The van der Waals surface area contributed by atoms with Crippen molar-refractivity contribution in [2.45, 2.75) is 6.92 Å². The molecule has 138 valence electrons. The van der Waals surface area contributed by atoms with Gasteiger partial charge in [0.2, 0.25) is 0 Å². The van der Waals surface area contributed by atoms with Gasteiger partial charge in [0.25, 0.3) is 0 Å². The molecule has 4 aromatic carbocycles. The van der Waals surface area contributed by atoms with E-state index in [0.717, 1.165) is 39.3 Å². The van der Waals surface area contributed by atoms with Gasteiger partial charge in [-0.15, -0.1) is 0 Å². The lowest BCUT2D eigenvalue weighted by molar-refractivity contribution is 1.19. The highest BCUT2D eigenvalue weighted by atomic mass is 14.9. The summed E-state index contributed by atoms with van der Waals surface area (Å²) in [5, 5.41) is 2.35. The molecule has 0 unspecified atom stereocenters. The Labute approximate surface area is 170 Å². The Kier molecular flexibility index (Phi) is 4.38. The smallest absolute Gasteiger partial charge is 0.161 e. The summed E-state index contributed by atoms with van der Waals surface area (Å²) in [6.07, 6.45) is 0. The van der Waals surface area contributed by atoms with Crippen LogP contribution in [0.3, 0.4) is 0 Å². The Morgan fingerprint density at radius 1 is 0.552 bits per heavy atom. The second-order valence-corrected chi connectivity index (χ2v) is 7.22. The fourth-order valence-electron chi connectivity index (χ4n) is 3.70. The quantitative estimate of drug-likeness (QED) is 0.343. The van der Waals surface area contributed by atoms with Crippen LogP contribution in [0.5, 0.6) is 0 Å². The van der Waals surface area contributed by atoms with E-state index in [1.54, 1.807) is 0 Å². The monoisotopic (exact) mass is 372 g/mol. The number of hydrogen-bond acceptors (Lipinski definition) is 2. The third-order valence-corrected chi connectivity index (χ3v) is 5.14. The van der Waals surface area contributed by atoms with Crippen LogP contribution >= 0.6 is 0 Å². The van der Waals surface area contributed by atoms with Gasteiger partial charge in [-0.3, -0.25) is 0 Å². The van der Waals surface area contributed by atoms with Crippen LogP contribution in [0.25, 0.3) is 44.7 Å². The molecule has 5 aromatic rings. The first-order valence-electron chi connectivity index (χ1n) is 9.78. The summed E-state index contributed by atoms with van der Waals surface area (Å²) in [5.74, 6) is 0.750. The summed E-state index contributed by atoms with van der Waals surface area (Å²) in [7, 11) is 0. The molecule has 1 aromatic heterocycles. The summed E-state index contributed by atoms with van der Waals surface area (Å²) in [5.41, 5.74) is 6.32. The van der Waals surface area contributed by atoms with E-state index in [4.69, 9.17) is 9.97 Å². The Morgan fingerprint density at radius 3 is 2.03 bits per heavy atom. The second kappa shape index (κ2) is 7.33. The molecular weight excluding hydrogens is 352 g/mol. The number of fused-ring (bicyclic) bond motifs is 1. The predicted molar refractivity (Wildman–Crippen MR) is 121 cm³/mol. The van der Waals surface area contributed by atoms with Crippen LogP contribution in [0.4, 0.5) is 0 Å². The zero-order valence-corrected chi connectivity index (χ0v) is 16.2. The molecule has 0 spiro atoms. The first kappa shape index (κ1) is 17.3. The van der Waals surface area contributed by atoms with Gasteiger partial charge in [0, 0.05) is 16.7 Å². The van der Waals surface area contributed by atoms with Crippen LogP contribution in [0, 0.1) is 6.92 Å². The Balaban J connectivity index is 1.78. The predicted octanol–water partition coefficient (Wildman–Crippen LogP) is 6.94. The Morgan fingerprint density at radius 2 is 1.21 bits per heavy atom. The molecule has 0 saturated heterocycles. The van der Waals surface area contributed by atoms with Crippen molar-refractivity contribution in [3.05, 3.63) is 109 Å². The summed E-state index contributed by atoms with van der Waals surface area (Å²) < 4.78 is 0. The highest BCUT2D eigenvalue weighted by Gasteiger charge is 2.12. The molecule has 0 bridgehead atoms. The molecule has 0 saturated carbocycles. The lowest BCUT2D eigenvalue weighted by atomic mass is 10.0. The number of rotatable bonds is 3. The molecule has 2 heteroatoms. The minimum Gasteiger partial charge on any atom is -0.228 e. The number of hydrogen-bond donors (Lipinski definition) is 0. The van der Waals surface area contributed by atoms with E-state index in [2.05, 4.69) is 91.9 Å². The van der Waals surface area contributed by atoms with E-state index in [-0.39, 0.29) is 0 Å². The van der Waals surface area contributed by atoms with E-state index in [9.17, 15) is 0 Å². The number of nitrogens with zero attached hydrogens (tertiary/aromatic N) is 2. The summed E-state index contributed by atoms with van der Waals surface area (Å²) in [6.45, 7) is 2.11. The highest BCUT2D eigenvalue weighted by Crippen LogP contribution is 2.31. The zero-order valence-electron chi connectivity index (χ0n) is 16.2. The van der Waals surface area contributed by atoms with Crippen LogP contribution in [-0.2, 0) is 0 Å². The van der Waals surface area contributed by atoms with Gasteiger partial charge in [-0.05, 0) is 29.8 Å². The van der Waals surface area contributed by atoms with Crippen LogP contribution in [0.2, 0.25) is 0 Å². The topological polar surface area (TPSA) is 25.8 Å². The molecule has 5 rings (SSSR count). The maximum absolute atomic E-state index is 4.98. The van der Waals surface area contributed by atoms with Crippen LogP contribution in [0.1, 0.15) is 5.56 Å². The Hall–Kier alpha value is -3.78. The van der Waals surface area contributed by atoms with Crippen molar-refractivity contribution in [3.63, 3.8) is 0 Å². The molecular formula is C27H20N2. The van der Waals surface area contributed by atoms with Crippen molar-refractivity contribution in [1.29, 1.82) is 0 Å². The molecule has 0 amide bonds. The van der Waals surface area contributed by atoms with E-state index in [1.165, 1.54) is 10.9 Å². The highest BCUT2D eigenvalue weighted by molar-refractivity contribution is 5.95. The van der Waals surface area contributed by atoms with E-state index in [0.29, 0.717) is 0 Å². The fourth-order valence-corrected chi connectivity index (χ4v) is 3.70. The van der Waals surface area contributed by atoms with Gasteiger partial charge in [-0.1, -0.05) is 96.6 Å². The van der Waals surface area contributed by atoms with Gasteiger partial charge in [0.15, 0.2) is 5.82 Å². The first-order chi connectivity index (χ1) is 14.3. The minimum atomic E-state index is 0.750. The lowest BCUT2D eigenvalue weighted by Crippen LogP contribution is -1.96. The largest absolute Gasteiger partial charge is 0.228 e. The maximum Gasteiger partial charge on any atom is 0.161 e. The molecule has 1 heterocycles. The third-order valence-electron chi connectivity index (χ3n) is 5.14. The normalized spacial score (nSPS) is 10.9. The van der Waals surface area contributed by atoms with E-state index < -0.39 is 0 Å². The standard InChI is InChI=1S/C27H20N2/c1-19-9-7-14-22(17-19)26-18-25(21-11-3-2-4-12-21)28-27(29-26)24-16-8-13-20-10-5-6-15-23(20)24/h2-18H,1H3. The lowest BCUT2D eigenvalue weighted by Gasteiger charge is -2.11. The summed E-state index contributed by atoms with van der Waals surface area (Å²) >= 11 is 0. The molecule has 0 fully saturated rings. The molecule has 0 radical (unpaired) electrons. The molecule has 29 heavy (non-hydrogen) atoms. The van der Waals surface area contributed by atoms with Gasteiger partial charge >= 0.3 is 0 Å². The number of aryl methyl sites for hydroxylation is 1. The average Bonchev–Trinajstić information content (AvgIpc) is 2.79. The molecule has 0 atom stereocenters. The first-order valence-corrected chi connectivity index (χ1v) is 9.78. The van der Waals surface area contributed by atoms with Crippen LogP contribution in [0.15, 0.2) is 103 Å². The van der Waals surface area contributed by atoms with Gasteiger partial charge in [-0.25, -0.2) is 9.97 Å². The SMILES string of the molecule is Cc1cccc(-c2cc(-c3ccccc3)nc(-c3cccc4ccccc34)n2)c1. The summed E-state index contributed by atoms with van der Waals surface area (Å²) in [6, 6.07) is 35.5. The van der Waals surface area contributed by atoms with Crippen molar-refractivity contribution < 1.29 is 0 Å². The minimum absolute atomic E-state index is 0.750. The zero-order chi connectivity index (χ0) is 19.6. The van der Waals surface area contributed by atoms with Crippen LogP contribution < -0.4 is 0 Å². The third kappa shape index (κ3) is 3.41. The van der Waals surface area contributed by atoms with Crippen molar-refractivity contribution in [2.24, 2.45) is 0 Å². The second-order valence-electron chi connectivity index (χ2n) is 7.22. The van der Waals surface area contributed by atoms with Gasteiger partial charge in [0.05, 0.1) is 11.4 Å². The number of aromatic nitrogens is 2. The average molecular weight is 372 g/mol. The van der Waals surface area contributed by atoms with Gasteiger partial charge in [-0.2, -0.15) is 0 Å². The number of benzene rings is 4. The molecule has 2 nitrogen and oxygen atoms in total. The van der Waals surface area contributed by atoms with E-state index >= 15 is 0 Å².